The second kappa shape index (κ2) is 6.88. The molecule has 1 heterocycles. The molecule has 21 heavy (non-hydrogen) atoms. The average molecular weight is 284 g/mol. The van der Waals surface area contributed by atoms with E-state index in [0.717, 1.165) is 5.69 Å². The van der Waals surface area contributed by atoms with Crippen LogP contribution in [0.3, 0.4) is 0 Å². The number of nitrogens with zero attached hydrogens (tertiary/aromatic N) is 2. The molecular weight excluding hydrogens is 264 g/mol. The predicted molar refractivity (Wildman–Crippen MR) is 83.0 cm³/mol. The number of pyridine rings is 1. The first kappa shape index (κ1) is 15.0. The van der Waals surface area contributed by atoms with Crippen molar-refractivity contribution in [3.63, 3.8) is 0 Å². The highest BCUT2D eigenvalue weighted by Gasteiger charge is 2.20. The summed E-state index contributed by atoms with van der Waals surface area (Å²) >= 11 is 0. The standard InChI is InChI=1S/C17H20N2O2/c1-13(2)11-17(21)19(12-14-7-5-6-10-18-14)15-8-3-4-9-16(15)20/h3-10,13,20H,11-12H2,1-2H3. The van der Waals surface area contributed by atoms with Crippen LogP contribution >= 0.6 is 0 Å². The molecule has 0 bridgehead atoms. The van der Waals surface area contributed by atoms with Gasteiger partial charge in [-0.1, -0.05) is 32.0 Å². The number of hydrogen-bond donors (Lipinski definition) is 1. The van der Waals surface area contributed by atoms with E-state index in [1.165, 1.54) is 0 Å². The Labute approximate surface area is 125 Å². The number of benzene rings is 1. The normalized spacial score (nSPS) is 10.6. The highest BCUT2D eigenvalue weighted by atomic mass is 16.3. The second-order valence-electron chi connectivity index (χ2n) is 5.39. The summed E-state index contributed by atoms with van der Waals surface area (Å²) in [4.78, 5) is 18.4. The SMILES string of the molecule is CC(C)CC(=O)N(Cc1ccccn1)c1ccccc1O. The molecule has 0 saturated carbocycles. The molecule has 0 unspecified atom stereocenters. The van der Waals surface area contributed by atoms with Crippen molar-refractivity contribution in [2.24, 2.45) is 5.92 Å². The number of anilines is 1. The molecule has 0 aliphatic heterocycles. The summed E-state index contributed by atoms with van der Waals surface area (Å²) < 4.78 is 0. The minimum Gasteiger partial charge on any atom is -0.506 e. The van der Waals surface area contributed by atoms with Gasteiger partial charge in [0.15, 0.2) is 0 Å². The molecule has 0 saturated heterocycles. The third-order valence-corrected chi connectivity index (χ3v) is 3.10. The van der Waals surface area contributed by atoms with Gasteiger partial charge in [-0.25, -0.2) is 0 Å². The van der Waals surface area contributed by atoms with Crippen LogP contribution in [0.5, 0.6) is 5.75 Å². The second-order valence-corrected chi connectivity index (χ2v) is 5.39. The predicted octanol–water partition coefficient (Wildman–Crippen LogP) is 3.37. The molecule has 1 aromatic heterocycles. The van der Waals surface area contributed by atoms with Crippen LogP contribution in [0.15, 0.2) is 48.7 Å². The quantitative estimate of drug-likeness (QED) is 0.916. The number of phenolic OH excluding ortho intramolecular Hbond substituents is 1. The fourth-order valence-corrected chi connectivity index (χ4v) is 2.11. The van der Waals surface area contributed by atoms with Gasteiger partial charge in [0.05, 0.1) is 17.9 Å². The van der Waals surface area contributed by atoms with Gasteiger partial charge in [0.1, 0.15) is 5.75 Å². The van der Waals surface area contributed by atoms with Crippen molar-refractivity contribution < 1.29 is 9.90 Å². The van der Waals surface area contributed by atoms with Gasteiger partial charge >= 0.3 is 0 Å². The summed E-state index contributed by atoms with van der Waals surface area (Å²) in [6, 6.07) is 12.5. The van der Waals surface area contributed by atoms with Gasteiger partial charge in [0.25, 0.3) is 0 Å². The summed E-state index contributed by atoms with van der Waals surface area (Å²) in [7, 11) is 0. The molecule has 0 aliphatic rings. The van der Waals surface area contributed by atoms with Crippen molar-refractivity contribution in [2.45, 2.75) is 26.8 Å². The summed E-state index contributed by atoms with van der Waals surface area (Å²) in [5.41, 5.74) is 1.31. The van der Waals surface area contributed by atoms with Crippen LogP contribution in [0.1, 0.15) is 26.0 Å². The Bertz CT molecular complexity index is 597. The first-order valence-corrected chi connectivity index (χ1v) is 7.06. The maximum absolute atomic E-state index is 12.5. The van der Waals surface area contributed by atoms with E-state index >= 15 is 0 Å². The molecule has 0 spiro atoms. The Kier molecular flexibility index (Phi) is 4.93. The van der Waals surface area contributed by atoms with Gasteiger partial charge in [-0.3, -0.25) is 9.78 Å². The molecule has 0 aliphatic carbocycles. The molecular formula is C17H20N2O2. The number of amides is 1. The first-order valence-electron chi connectivity index (χ1n) is 7.06. The highest BCUT2D eigenvalue weighted by molar-refractivity contribution is 5.94. The van der Waals surface area contributed by atoms with Gasteiger partial charge < -0.3 is 10.0 Å². The number of carbonyl (C=O) groups excluding carboxylic acids is 1. The molecule has 0 atom stereocenters. The number of hydrogen-bond acceptors (Lipinski definition) is 3. The van der Waals surface area contributed by atoms with E-state index in [4.69, 9.17) is 0 Å². The van der Waals surface area contributed by atoms with Crippen LogP contribution < -0.4 is 4.90 Å². The Morgan fingerprint density at radius 2 is 1.90 bits per heavy atom. The van der Waals surface area contributed by atoms with Gasteiger partial charge in [-0.05, 0) is 30.2 Å². The number of phenols is 1. The van der Waals surface area contributed by atoms with Crippen molar-refractivity contribution in [3.8, 4) is 5.75 Å². The lowest BCUT2D eigenvalue weighted by atomic mass is 10.1. The van der Waals surface area contributed by atoms with E-state index < -0.39 is 0 Å². The molecule has 1 N–H and O–H groups in total. The molecule has 1 amide bonds. The lowest BCUT2D eigenvalue weighted by Crippen LogP contribution is -2.31. The molecule has 0 fully saturated rings. The summed E-state index contributed by atoms with van der Waals surface area (Å²) in [5.74, 6) is 0.345. The zero-order valence-electron chi connectivity index (χ0n) is 12.4. The Hall–Kier alpha value is -2.36. The number of aromatic hydroxyl groups is 1. The molecule has 4 nitrogen and oxygen atoms in total. The topological polar surface area (TPSA) is 53.4 Å². The van der Waals surface area contributed by atoms with Crippen molar-refractivity contribution in [1.82, 2.24) is 4.98 Å². The van der Waals surface area contributed by atoms with Gasteiger partial charge in [-0.15, -0.1) is 0 Å². The smallest absolute Gasteiger partial charge is 0.227 e. The maximum atomic E-state index is 12.5. The minimum atomic E-state index is -0.0165. The molecule has 0 radical (unpaired) electrons. The monoisotopic (exact) mass is 284 g/mol. The van der Waals surface area contributed by atoms with Crippen LogP contribution in [0.25, 0.3) is 0 Å². The first-order chi connectivity index (χ1) is 10.1. The third-order valence-electron chi connectivity index (χ3n) is 3.10. The Morgan fingerprint density at radius 3 is 2.52 bits per heavy atom. The zero-order chi connectivity index (χ0) is 15.2. The number of rotatable bonds is 5. The number of para-hydroxylation sites is 2. The molecule has 2 aromatic rings. The molecule has 110 valence electrons. The Morgan fingerprint density at radius 1 is 1.19 bits per heavy atom. The van der Waals surface area contributed by atoms with Gasteiger partial charge in [-0.2, -0.15) is 0 Å². The molecule has 2 rings (SSSR count). The van der Waals surface area contributed by atoms with E-state index in [0.29, 0.717) is 18.7 Å². The zero-order valence-corrected chi connectivity index (χ0v) is 12.4. The number of aromatic nitrogens is 1. The van der Waals surface area contributed by atoms with Crippen LogP contribution in [-0.2, 0) is 11.3 Å². The lowest BCUT2D eigenvalue weighted by molar-refractivity contribution is -0.119. The van der Waals surface area contributed by atoms with Crippen molar-refractivity contribution in [1.29, 1.82) is 0 Å². The van der Waals surface area contributed by atoms with Crippen LogP contribution in [-0.4, -0.2) is 16.0 Å². The Balaban J connectivity index is 2.30. The van der Waals surface area contributed by atoms with E-state index in [-0.39, 0.29) is 17.6 Å². The fourth-order valence-electron chi connectivity index (χ4n) is 2.11. The van der Waals surface area contributed by atoms with Crippen LogP contribution in [0.4, 0.5) is 5.69 Å². The van der Waals surface area contributed by atoms with E-state index in [1.807, 2.05) is 38.1 Å². The van der Waals surface area contributed by atoms with Crippen molar-refractivity contribution in [2.75, 3.05) is 4.90 Å². The van der Waals surface area contributed by atoms with Gasteiger partial charge in [0, 0.05) is 12.6 Å². The van der Waals surface area contributed by atoms with Crippen LogP contribution in [0, 0.1) is 5.92 Å². The molecule has 4 heteroatoms. The van der Waals surface area contributed by atoms with Crippen molar-refractivity contribution >= 4 is 11.6 Å². The number of carbonyl (C=O) groups is 1. The third kappa shape index (κ3) is 4.05. The molecule has 1 aromatic carbocycles. The largest absolute Gasteiger partial charge is 0.506 e. The summed E-state index contributed by atoms with van der Waals surface area (Å²) in [6.45, 7) is 4.35. The van der Waals surface area contributed by atoms with Crippen LogP contribution in [0.2, 0.25) is 0 Å². The minimum absolute atomic E-state index is 0.0165. The average Bonchev–Trinajstić information content (AvgIpc) is 2.46. The van der Waals surface area contributed by atoms with E-state index in [1.54, 1.807) is 29.3 Å². The highest BCUT2D eigenvalue weighted by Crippen LogP contribution is 2.28. The fraction of sp³-hybridized carbons (Fsp3) is 0.294. The van der Waals surface area contributed by atoms with E-state index in [9.17, 15) is 9.90 Å². The van der Waals surface area contributed by atoms with E-state index in [2.05, 4.69) is 4.98 Å². The summed E-state index contributed by atoms with van der Waals surface area (Å²) in [5, 5.41) is 10.0. The maximum Gasteiger partial charge on any atom is 0.227 e. The summed E-state index contributed by atoms with van der Waals surface area (Å²) in [6.07, 6.45) is 2.13. The lowest BCUT2D eigenvalue weighted by Gasteiger charge is -2.24. The van der Waals surface area contributed by atoms with Gasteiger partial charge in [0.2, 0.25) is 5.91 Å². The van der Waals surface area contributed by atoms with Crippen molar-refractivity contribution in [3.05, 3.63) is 54.4 Å².